The van der Waals surface area contributed by atoms with Crippen molar-refractivity contribution in [2.45, 2.75) is 49.3 Å². The van der Waals surface area contributed by atoms with E-state index in [1.165, 1.54) is 4.31 Å². The normalized spacial score (nSPS) is 31.4. The average molecular weight is 362 g/mol. The Balaban J connectivity index is 1.90. The first-order valence-corrected chi connectivity index (χ1v) is 9.55. The van der Waals surface area contributed by atoms with Crippen molar-refractivity contribution in [1.29, 1.82) is 0 Å². The summed E-state index contributed by atoms with van der Waals surface area (Å²) in [5, 5.41) is 0. The smallest absolute Gasteiger partial charge is 0.327 e. The second-order valence-electron chi connectivity index (χ2n) is 6.64. The molecule has 1 saturated carbocycles. The molecule has 0 amide bonds. The summed E-state index contributed by atoms with van der Waals surface area (Å²) in [4.78, 5) is -0.0949. The molecule has 24 heavy (non-hydrogen) atoms. The fourth-order valence-electron chi connectivity index (χ4n) is 4.17. The van der Waals surface area contributed by atoms with Gasteiger partial charge >= 0.3 is 6.18 Å². The minimum Gasteiger partial charge on any atom is -0.327 e. The van der Waals surface area contributed by atoms with Gasteiger partial charge in [-0.1, -0.05) is 6.92 Å². The molecule has 134 valence electrons. The van der Waals surface area contributed by atoms with Crippen LogP contribution in [-0.4, -0.2) is 31.4 Å². The molecule has 2 fully saturated rings. The topological polar surface area (TPSA) is 63.4 Å². The fraction of sp³-hybridized carbons (Fsp3) is 0.625. The van der Waals surface area contributed by atoms with Crippen molar-refractivity contribution in [3.63, 3.8) is 0 Å². The standard InChI is InChI=1S/C16H21F3N2O2S/c1-2-15-12-7-8-14(20)13(12)9-21(15)24(22,23)11-5-3-10(4-6-11)16(17,18)19/h3-6,12-15H,2,7-9,20H2,1H3. The number of halogens is 3. The molecule has 0 radical (unpaired) electrons. The molecule has 3 rings (SSSR count). The van der Waals surface area contributed by atoms with Crippen LogP contribution in [0.4, 0.5) is 13.2 Å². The zero-order valence-corrected chi connectivity index (χ0v) is 14.1. The van der Waals surface area contributed by atoms with E-state index in [0.717, 1.165) is 37.1 Å². The Kier molecular flexibility index (Phi) is 4.42. The maximum atomic E-state index is 12.9. The molecular weight excluding hydrogens is 341 g/mol. The zero-order chi connectivity index (χ0) is 17.7. The summed E-state index contributed by atoms with van der Waals surface area (Å²) in [6.45, 7) is 2.29. The molecule has 2 aliphatic rings. The molecule has 0 bridgehead atoms. The average Bonchev–Trinajstić information content (AvgIpc) is 3.07. The van der Waals surface area contributed by atoms with E-state index < -0.39 is 21.8 Å². The summed E-state index contributed by atoms with van der Waals surface area (Å²) in [6.07, 6.45) is -2.00. The maximum absolute atomic E-state index is 12.9. The van der Waals surface area contributed by atoms with Crippen LogP contribution in [0.25, 0.3) is 0 Å². The van der Waals surface area contributed by atoms with E-state index in [4.69, 9.17) is 5.73 Å². The summed E-state index contributed by atoms with van der Waals surface area (Å²) in [7, 11) is -3.82. The van der Waals surface area contributed by atoms with Crippen molar-refractivity contribution < 1.29 is 21.6 Å². The van der Waals surface area contributed by atoms with Crippen LogP contribution in [0.5, 0.6) is 0 Å². The molecule has 1 heterocycles. The Labute approximate surface area is 139 Å². The third-order valence-corrected chi connectivity index (χ3v) is 7.30. The third-order valence-electron chi connectivity index (χ3n) is 5.39. The molecule has 1 aliphatic heterocycles. The summed E-state index contributed by atoms with van der Waals surface area (Å²) < 4.78 is 65.2. The predicted octanol–water partition coefficient (Wildman–Crippen LogP) is 2.84. The number of nitrogens with two attached hydrogens (primary N) is 1. The van der Waals surface area contributed by atoms with Crippen LogP contribution in [0.15, 0.2) is 29.2 Å². The molecule has 1 aliphatic carbocycles. The molecule has 1 aromatic rings. The van der Waals surface area contributed by atoms with Crippen LogP contribution in [0.2, 0.25) is 0 Å². The van der Waals surface area contributed by atoms with Gasteiger partial charge in [0.05, 0.1) is 10.5 Å². The molecule has 1 saturated heterocycles. The first kappa shape index (κ1) is 17.7. The van der Waals surface area contributed by atoms with E-state index in [1.54, 1.807) is 0 Å². The van der Waals surface area contributed by atoms with Crippen molar-refractivity contribution in [3.05, 3.63) is 29.8 Å². The quantitative estimate of drug-likeness (QED) is 0.899. The largest absolute Gasteiger partial charge is 0.416 e. The molecule has 4 nitrogen and oxygen atoms in total. The highest BCUT2D eigenvalue weighted by Gasteiger charge is 2.50. The summed E-state index contributed by atoms with van der Waals surface area (Å²) >= 11 is 0. The summed E-state index contributed by atoms with van der Waals surface area (Å²) in [5.41, 5.74) is 5.25. The van der Waals surface area contributed by atoms with Crippen LogP contribution < -0.4 is 5.73 Å². The number of hydrogen-bond donors (Lipinski definition) is 1. The lowest BCUT2D eigenvalue weighted by molar-refractivity contribution is -0.137. The van der Waals surface area contributed by atoms with Gasteiger partial charge in [-0.25, -0.2) is 8.42 Å². The van der Waals surface area contributed by atoms with Gasteiger partial charge in [0.1, 0.15) is 0 Å². The van der Waals surface area contributed by atoms with Crippen LogP contribution in [0, 0.1) is 11.8 Å². The monoisotopic (exact) mass is 362 g/mol. The molecule has 8 heteroatoms. The predicted molar refractivity (Wildman–Crippen MR) is 83.6 cm³/mol. The lowest BCUT2D eigenvalue weighted by atomic mass is 9.91. The lowest BCUT2D eigenvalue weighted by Gasteiger charge is -2.26. The van der Waals surface area contributed by atoms with Gasteiger partial charge in [0.25, 0.3) is 0 Å². The van der Waals surface area contributed by atoms with Crippen LogP contribution in [0.3, 0.4) is 0 Å². The highest BCUT2D eigenvalue weighted by atomic mass is 32.2. The molecule has 4 atom stereocenters. The van der Waals surface area contributed by atoms with E-state index in [2.05, 4.69) is 0 Å². The number of hydrogen-bond acceptors (Lipinski definition) is 3. The Morgan fingerprint density at radius 3 is 2.33 bits per heavy atom. The first-order chi connectivity index (χ1) is 11.2. The van der Waals surface area contributed by atoms with Gasteiger partial charge in [0.2, 0.25) is 10.0 Å². The van der Waals surface area contributed by atoms with Gasteiger partial charge < -0.3 is 5.73 Å². The van der Waals surface area contributed by atoms with Crippen molar-refractivity contribution in [2.24, 2.45) is 17.6 Å². The second kappa shape index (κ2) is 6.00. The van der Waals surface area contributed by atoms with Gasteiger partial charge in [0.15, 0.2) is 0 Å². The van der Waals surface area contributed by atoms with Crippen LogP contribution >= 0.6 is 0 Å². The van der Waals surface area contributed by atoms with Gasteiger partial charge in [0, 0.05) is 18.6 Å². The highest BCUT2D eigenvalue weighted by molar-refractivity contribution is 7.89. The van der Waals surface area contributed by atoms with Crippen molar-refractivity contribution in [3.8, 4) is 0 Å². The molecule has 2 N–H and O–H groups in total. The SMILES string of the molecule is CCC1C2CCC(N)C2CN1S(=O)(=O)c1ccc(C(F)(F)F)cc1. The van der Waals surface area contributed by atoms with Crippen molar-refractivity contribution >= 4 is 10.0 Å². The minimum absolute atomic E-state index is 0.00291. The van der Waals surface area contributed by atoms with E-state index >= 15 is 0 Å². The number of fused-ring (bicyclic) bond motifs is 1. The molecule has 1 aromatic carbocycles. The highest BCUT2D eigenvalue weighted by Crippen LogP contribution is 2.44. The fourth-order valence-corrected chi connectivity index (χ4v) is 5.95. The Hall–Kier alpha value is -1.12. The zero-order valence-electron chi connectivity index (χ0n) is 13.3. The summed E-state index contributed by atoms with van der Waals surface area (Å²) in [6, 6.07) is 3.58. The molecular formula is C16H21F3N2O2S. The number of rotatable bonds is 3. The minimum atomic E-state index is -4.48. The number of nitrogens with zero attached hydrogens (tertiary/aromatic N) is 1. The number of benzene rings is 1. The first-order valence-electron chi connectivity index (χ1n) is 8.11. The Morgan fingerprint density at radius 1 is 1.17 bits per heavy atom. The van der Waals surface area contributed by atoms with Crippen LogP contribution in [0.1, 0.15) is 31.7 Å². The summed E-state index contributed by atoms with van der Waals surface area (Å²) in [5.74, 6) is 0.383. The molecule has 4 unspecified atom stereocenters. The number of sulfonamides is 1. The number of alkyl halides is 3. The van der Waals surface area contributed by atoms with E-state index in [-0.39, 0.29) is 28.8 Å². The Bertz CT molecular complexity index is 703. The molecule has 0 aromatic heterocycles. The Morgan fingerprint density at radius 2 is 1.79 bits per heavy atom. The van der Waals surface area contributed by atoms with Gasteiger partial charge in [-0.2, -0.15) is 17.5 Å². The van der Waals surface area contributed by atoms with Gasteiger partial charge in [-0.15, -0.1) is 0 Å². The van der Waals surface area contributed by atoms with E-state index in [0.29, 0.717) is 13.0 Å². The van der Waals surface area contributed by atoms with Crippen molar-refractivity contribution in [1.82, 2.24) is 4.31 Å². The third kappa shape index (κ3) is 2.84. The van der Waals surface area contributed by atoms with E-state index in [1.807, 2.05) is 6.92 Å². The van der Waals surface area contributed by atoms with Gasteiger partial charge in [-0.05, 0) is 55.4 Å². The van der Waals surface area contributed by atoms with Crippen molar-refractivity contribution in [2.75, 3.05) is 6.54 Å². The van der Waals surface area contributed by atoms with Gasteiger partial charge in [-0.3, -0.25) is 0 Å². The van der Waals surface area contributed by atoms with E-state index in [9.17, 15) is 21.6 Å². The molecule has 0 spiro atoms. The maximum Gasteiger partial charge on any atom is 0.416 e. The lowest BCUT2D eigenvalue weighted by Crippen LogP contribution is -2.38. The van der Waals surface area contributed by atoms with Crippen LogP contribution in [-0.2, 0) is 16.2 Å². The second-order valence-corrected chi connectivity index (χ2v) is 8.53.